The van der Waals surface area contributed by atoms with E-state index in [0.717, 1.165) is 0 Å². The van der Waals surface area contributed by atoms with Crippen LogP contribution in [0.3, 0.4) is 0 Å². The second-order valence-electron chi connectivity index (χ2n) is 5.98. The lowest BCUT2D eigenvalue weighted by atomic mass is 10.2. The Morgan fingerprint density at radius 3 is 2.37 bits per heavy atom. The van der Waals surface area contributed by atoms with Crippen molar-refractivity contribution in [3.05, 3.63) is 40.4 Å². The van der Waals surface area contributed by atoms with Crippen molar-refractivity contribution in [1.29, 1.82) is 0 Å². The van der Waals surface area contributed by atoms with Crippen LogP contribution in [0.25, 0.3) is 11.5 Å². The highest BCUT2D eigenvalue weighted by atomic mass is 32.1. The van der Waals surface area contributed by atoms with Crippen LogP contribution in [0.4, 0.5) is 0 Å². The molecule has 1 aromatic carbocycles. The lowest BCUT2D eigenvalue weighted by molar-refractivity contribution is -0.145. The van der Waals surface area contributed by atoms with E-state index in [1.54, 1.807) is 24.3 Å². The van der Waals surface area contributed by atoms with Gasteiger partial charge in [0.15, 0.2) is 23.9 Å². The van der Waals surface area contributed by atoms with Crippen LogP contribution in [0.1, 0.15) is 28.4 Å². The molecule has 0 aliphatic rings. The molecule has 9 nitrogen and oxygen atoms in total. The Hall–Kier alpha value is -3.40. The summed E-state index contributed by atoms with van der Waals surface area (Å²) in [5.41, 5.74) is 0.552. The maximum atomic E-state index is 11.9. The fourth-order valence-electron chi connectivity index (χ4n) is 2.62. The highest BCUT2D eigenvalue weighted by Gasteiger charge is 2.18. The molecule has 158 valence electrons. The Bertz CT molecular complexity index is 989. The number of thiophene rings is 1. The molecule has 10 heteroatoms. The molecule has 0 saturated carbocycles. The van der Waals surface area contributed by atoms with Gasteiger partial charge in [0.1, 0.15) is 0 Å². The van der Waals surface area contributed by atoms with Gasteiger partial charge in [-0.1, -0.05) is 6.07 Å². The number of hydrogen-bond acceptors (Lipinski definition) is 10. The number of nitrogens with zero attached hydrogens (tertiary/aromatic N) is 2. The molecule has 30 heavy (non-hydrogen) atoms. The van der Waals surface area contributed by atoms with E-state index < -0.39 is 5.97 Å². The van der Waals surface area contributed by atoms with E-state index in [1.165, 1.54) is 32.7 Å². The molecule has 0 amide bonds. The largest absolute Gasteiger partial charge is 0.493 e. The summed E-state index contributed by atoms with van der Waals surface area (Å²) < 4.78 is 26.6. The van der Waals surface area contributed by atoms with E-state index in [9.17, 15) is 9.59 Å². The number of ether oxygens (including phenoxy) is 4. The average molecular weight is 432 g/mol. The van der Waals surface area contributed by atoms with Crippen molar-refractivity contribution >= 4 is 23.1 Å². The molecule has 2 aromatic heterocycles. The van der Waals surface area contributed by atoms with Crippen LogP contribution < -0.4 is 14.2 Å². The van der Waals surface area contributed by atoms with Crippen molar-refractivity contribution in [3.8, 4) is 28.7 Å². The SMILES string of the molecule is COc1cc(-c2nnc(COC(=O)CCC(=O)c3cccs3)o2)cc(OC)c1OC. The Labute approximate surface area is 176 Å². The number of aromatic nitrogens is 2. The first kappa shape index (κ1) is 21.3. The lowest BCUT2D eigenvalue weighted by Crippen LogP contribution is -2.07. The minimum atomic E-state index is -0.521. The van der Waals surface area contributed by atoms with E-state index in [2.05, 4.69) is 10.2 Å². The molecule has 0 spiro atoms. The number of esters is 1. The molecule has 0 N–H and O–H groups in total. The maximum absolute atomic E-state index is 11.9. The number of rotatable bonds is 10. The minimum Gasteiger partial charge on any atom is -0.493 e. The summed E-state index contributed by atoms with van der Waals surface area (Å²) in [6, 6.07) is 6.85. The quantitative estimate of drug-likeness (QED) is 0.351. The van der Waals surface area contributed by atoms with Crippen molar-refractivity contribution in [2.45, 2.75) is 19.4 Å². The molecule has 0 atom stereocenters. The third kappa shape index (κ3) is 4.95. The highest BCUT2D eigenvalue weighted by molar-refractivity contribution is 7.12. The third-order valence-corrected chi connectivity index (χ3v) is 5.00. The van der Waals surface area contributed by atoms with Gasteiger partial charge in [-0.25, -0.2) is 0 Å². The zero-order valence-corrected chi connectivity index (χ0v) is 17.5. The van der Waals surface area contributed by atoms with Gasteiger partial charge in [0, 0.05) is 12.0 Å². The Balaban J connectivity index is 1.60. The lowest BCUT2D eigenvalue weighted by Gasteiger charge is -2.12. The second-order valence-corrected chi connectivity index (χ2v) is 6.92. The minimum absolute atomic E-state index is 0.0232. The number of methoxy groups -OCH3 is 3. The van der Waals surface area contributed by atoms with Gasteiger partial charge in [0.05, 0.1) is 32.6 Å². The number of benzene rings is 1. The number of carbonyl (C=O) groups excluding carboxylic acids is 2. The smallest absolute Gasteiger partial charge is 0.306 e. The van der Waals surface area contributed by atoms with Crippen LogP contribution >= 0.6 is 11.3 Å². The molecule has 0 unspecified atom stereocenters. The van der Waals surface area contributed by atoms with E-state index in [-0.39, 0.29) is 37.0 Å². The predicted octanol–water partition coefficient (Wildman–Crippen LogP) is 3.53. The molecule has 0 saturated heterocycles. The van der Waals surface area contributed by atoms with Gasteiger partial charge in [-0.2, -0.15) is 0 Å². The molecule has 0 bridgehead atoms. The molecule has 0 aliphatic heterocycles. The van der Waals surface area contributed by atoms with E-state index in [4.69, 9.17) is 23.4 Å². The first-order chi connectivity index (χ1) is 14.5. The fourth-order valence-corrected chi connectivity index (χ4v) is 3.32. The highest BCUT2D eigenvalue weighted by Crippen LogP contribution is 2.40. The van der Waals surface area contributed by atoms with Gasteiger partial charge in [0.2, 0.25) is 11.6 Å². The first-order valence-electron chi connectivity index (χ1n) is 8.90. The predicted molar refractivity (Wildman–Crippen MR) is 107 cm³/mol. The van der Waals surface area contributed by atoms with Gasteiger partial charge >= 0.3 is 5.97 Å². The Kier molecular flexibility index (Phi) is 7.02. The van der Waals surface area contributed by atoms with Gasteiger partial charge < -0.3 is 23.4 Å². The summed E-state index contributed by atoms with van der Waals surface area (Å²) in [5.74, 6) is 1.03. The summed E-state index contributed by atoms with van der Waals surface area (Å²) in [4.78, 5) is 24.4. The van der Waals surface area contributed by atoms with Gasteiger partial charge in [-0.05, 0) is 23.6 Å². The summed E-state index contributed by atoms with van der Waals surface area (Å²) in [6.07, 6.45) is 0.0600. The van der Waals surface area contributed by atoms with Crippen LogP contribution in [-0.2, 0) is 16.1 Å². The van der Waals surface area contributed by atoms with Crippen LogP contribution in [0.15, 0.2) is 34.1 Å². The standard InChI is InChI=1S/C20H20N2O7S/c1-25-14-9-12(10-15(26-2)19(14)27-3)20-22-21-17(29-20)11-28-18(24)7-6-13(23)16-5-4-8-30-16/h4-5,8-10H,6-7,11H2,1-3H3. The Morgan fingerprint density at radius 1 is 1.03 bits per heavy atom. The van der Waals surface area contributed by atoms with Crippen LogP contribution in [0, 0.1) is 0 Å². The number of Topliss-reactive ketones (excluding diaryl/α,β-unsaturated/α-hetero) is 1. The molecule has 0 aliphatic carbocycles. The topological polar surface area (TPSA) is 110 Å². The monoisotopic (exact) mass is 432 g/mol. The van der Waals surface area contributed by atoms with Gasteiger partial charge in [-0.15, -0.1) is 21.5 Å². The van der Waals surface area contributed by atoms with Crippen LogP contribution in [0.2, 0.25) is 0 Å². The van der Waals surface area contributed by atoms with E-state index >= 15 is 0 Å². The van der Waals surface area contributed by atoms with Crippen LogP contribution in [0.5, 0.6) is 17.2 Å². The van der Waals surface area contributed by atoms with Crippen molar-refractivity contribution in [2.24, 2.45) is 0 Å². The fraction of sp³-hybridized carbons (Fsp3) is 0.300. The molecular weight excluding hydrogens is 412 g/mol. The summed E-state index contributed by atoms with van der Waals surface area (Å²) in [7, 11) is 4.51. The van der Waals surface area contributed by atoms with Crippen molar-refractivity contribution < 1.29 is 33.0 Å². The number of hydrogen-bond donors (Lipinski definition) is 0. The molecule has 0 radical (unpaired) electrons. The van der Waals surface area contributed by atoms with E-state index in [0.29, 0.717) is 27.7 Å². The maximum Gasteiger partial charge on any atom is 0.306 e. The second kappa shape index (κ2) is 9.88. The summed E-state index contributed by atoms with van der Waals surface area (Å²) in [6.45, 7) is -0.191. The number of carbonyl (C=O) groups is 2. The molecule has 0 fully saturated rings. The van der Waals surface area contributed by atoms with Gasteiger partial charge in [0.25, 0.3) is 5.89 Å². The number of ketones is 1. The van der Waals surface area contributed by atoms with Crippen LogP contribution in [-0.4, -0.2) is 43.3 Å². The Morgan fingerprint density at radius 2 is 1.77 bits per heavy atom. The normalized spacial score (nSPS) is 10.5. The summed E-state index contributed by atoms with van der Waals surface area (Å²) >= 11 is 1.34. The zero-order valence-electron chi connectivity index (χ0n) is 16.7. The molecule has 3 rings (SSSR count). The third-order valence-electron chi connectivity index (χ3n) is 4.09. The molecular formula is C20H20N2O7S. The van der Waals surface area contributed by atoms with Crippen molar-refractivity contribution in [1.82, 2.24) is 10.2 Å². The first-order valence-corrected chi connectivity index (χ1v) is 9.78. The molecule has 2 heterocycles. The van der Waals surface area contributed by atoms with Crippen molar-refractivity contribution in [3.63, 3.8) is 0 Å². The van der Waals surface area contributed by atoms with Crippen molar-refractivity contribution in [2.75, 3.05) is 21.3 Å². The molecule has 3 aromatic rings. The van der Waals surface area contributed by atoms with Gasteiger partial charge in [-0.3, -0.25) is 9.59 Å². The average Bonchev–Trinajstić information content (AvgIpc) is 3.47. The zero-order chi connectivity index (χ0) is 21.5. The van der Waals surface area contributed by atoms with E-state index in [1.807, 2.05) is 5.38 Å². The summed E-state index contributed by atoms with van der Waals surface area (Å²) in [5, 5.41) is 9.66.